The molecule has 0 saturated heterocycles. The topological polar surface area (TPSA) is 46.2 Å². The Morgan fingerprint density at radius 3 is 1.55 bits per heavy atom. The molecule has 3 nitrogen and oxygen atoms in total. The minimum absolute atomic E-state index is 0.0230. The standard InChI is InChI=1S/C17H23NO2/c1-16(2)6-12-10(14(19)8-16)5-11-13(18-12)7-17(3,4)9-15(11)20/h18H,5-9H2,1-4H3. The Bertz CT molecular complexity index is 526. The van der Waals surface area contributed by atoms with Gasteiger partial charge in [-0.3, -0.25) is 9.59 Å². The molecule has 0 radical (unpaired) electrons. The molecule has 0 spiro atoms. The number of carbonyl (C=O) groups is 2. The van der Waals surface area contributed by atoms with Gasteiger partial charge in [-0.2, -0.15) is 0 Å². The maximum atomic E-state index is 12.3. The quantitative estimate of drug-likeness (QED) is 0.737. The molecule has 1 heterocycles. The molecule has 0 aromatic rings. The molecule has 1 aliphatic heterocycles. The van der Waals surface area contributed by atoms with Gasteiger partial charge in [0.05, 0.1) is 0 Å². The van der Waals surface area contributed by atoms with Gasteiger partial charge < -0.3 is 5.32 Å². The molecule has 0 bridgehead atoms. The third kappa shape index (κ3) is 2.23. The van der Waals surface area contributed by atoms with E-state index in [9.17, 15) is 9.59 Å². The molecule has 0 amide bonds. The first kappa shape index (κ1) is 13.6. The lowest BCUT2D eigenvalue weighted by molar-refractivity contribution is -0.118. The smallest absolute Gasteiger partial charge is 0.161 e. The van der Waals surface area contributed by atoms with Crippen LogP contribution in [0.25, 0.3) is 0 Å². The molecule has 1 N–H and O–H groups in total. The number of rotatable bonds is 0. The van der Waals surface area contributed by atoms with Gasteiger partial charge in [-0.15, -0.1) is 0 Å². The second-order valence-electron chi connectivity index (χ2n) is 8.10. The van der Waals surface area contributed by atoms with Gasteiger partial charge in [0.1, 0.15) is 0 Å². The molecule has 108 valence electrons. The summed E-state index contributed by atoms with van der Waals surface area (Å²) in [5, 5.41) is 3.45. The zero-order chi connectivity index (χ0) is 14.7. The van der Waals surface area contributed by atoms with Crippen LogP contribution >= 0.6 is 0 Å². The predicted octanol–water partition coefficient (Wildman–Crippen LogP) is 3.27. The van der Waals surface area contributed by atoms with Crippen molar-refractivity contribution in [2.24, 2.45) is 10.8 Å². The van der Waals surface area contributed by atoms with Crippen LogP contribution in [0.5, 0.6) is 0 Å². The Hall–Kier alpha value is -1.38. The molecule has 0 aromatic heterocycles. The van der Waals surface area contributed by atoms with Crippen molar-refractivity contribution in [2.45, 2.75) is 59.8 Å². The number of nitrogens with one attached hydrogen (secondary N) is 1. The van der Waals surface area contributed by atoms with E-state index in [-0.39, 0.29) is 22.4 Å². The Morgan fingerprint density at radius 1 is 0.750 bits per heavy atom. The zero-order valence-electron chi connectivity index (χ0n) is 12.9. The van der Waals surface area contributed by atoms with E-state index in [1.54, 1.807) is 0 Å². The Kier molecular flexibility index (Phi) is 2.76. The number of hydrogen-bond acceptors (Lipinski definition) is 3. The van der Waals surface area contributed by atoms with Gasteiger partial charge in [-0.05, 0) is 23.7 Å². The predicted molar refractivity (Wildman–Crippen MR) is 77.8 cm³/mol. The molecule has 0 aromatic carbocycles. The second kappa shape index (κ2) is 4.06. The number of carbonyl (C=O) groups excluding carboxylic acids is 2. The maximum absolute atomic E-state index is 12.3. The molecule has 0 saturated carbocycles. The summed E-state index contributed by atoms with van der Waals surface area (Å²) in [5.74, 6) is 0.431. The first-order valence-corrected chi connectivity index (χ1v) is 7.44. The van der Waals surface area contributed by atoms with E-state index in [1.807, 2.05) is 0 Å². The van der Waals surface area contributed by atoms with Crippen LogP contribution in [-0.2, 0) is 9.59 Å². The van der Waals surface area contributed by atoms with E-state index in [0.29, 0.717) is 19.3 Å². The largest absolute Gasteiger partial charge is 0.362 e. The van der Waals surface area contributed by atoms with E-state index in [2.05, 4.69) is 33.0 Å². The molecule has 0 unspecified atom stereocenters. The van der Waals surface area contributed by atoms with Crippen LogP contribution in [-0.4, -0.2) is 11.6 Å². The monoisotopic (exact) mass is 273 g/mol. The number of allylic oxidation sites excluding steroid dienone is 4. The van der Waals surface area contributed by atoms with Crippen molar-refractivity contribution in [3.8, 4) is 0 Å². The summed E-state index contributed by atoms with van der Waals surface area (Å²) in [7, 11) is 0. The molecule has 3 rings (SSSR count). The third-order valence-electron chi connectivity index (χ3n) is 4.65. The summed E-state index contributed by atoms with van der Waals surface area (Å²) < 4.78 is 0. The van der Waals surface area contributed by atoms with E-state index in [0.717, 1.165) is 35.4 Å². The van der Waals surface area contributed by atoms with Crippen molar-refractivity contribution in [1.82, 2.24) is 5.32 Å². The lowest BCUT2D eigenvalue weighted by Gasteiger charge is -2.40. The molecule has 3 heteroatoms. The summed E-state index contributed by atoms with van der Waals surface area (Å²) in [4.78, 5) is 24.6. The Labute approximate surface area is 120 Å². The van der Waals surface area contributed by atoms with E-state index in [1.165, 1.54) is 0 Å². The van der Waals surface area contributed by atoms with E-state index < -0.39 is 0 Å². The number of hydrogen-bond donors (Lipinski definition) is 1. The Morgan fingerprint density at radius 2 is 1.15 bits per heavy atom. The van der Waals surface area contributed by atoms with Crippen molar-refractivity contribution in [2.75, 3.05) is 0 Å². The summed E-state index contributed by atoms with van der Waals surface area (Å²) in [5.41, 5.74) is 3.89. The fourth-order valence-corrected chi connectivity index (χ4v) is 3.72. The van der Waals surface area contributed by atoms with Crippen molar-refractivity contribution in [1.29, 1.82) is 0 Å². The van der Waals surface area contributed by atoms with Crippen LogP contribution in [0.1, 0.15) is 59.8 Å². The zero-order valence-corrected chi connectivity index (χ0v) is 12.9. The van der Waals surface area contributed by atoms with Crippen molar-refractivity contribution in [3.63, 3.8) is 0 Å². The molecular formula is C17H23NO2. The molecule has 3 aliphatic rings. The summed E-state index contributed by atoms with van der Waals surface area (Å²) in [6.45, 7) is 8.54. The van der Waals surface area contributed by atoms with Crippen molar-refractivity contribution in [3.05, 3.63) is 22.5 Å². The lowest BCUT2D eigenvalue weighted by Crippen LogP contribution is -2.39. The fraction of sp³-hybridized carbons (Fsp3) is 0.647. The average molecular weight is 273 g/mol. The van der Waals surface area contributed by atoms with Gasteiger partial charge >= 0.3 is 0 Å². The van der Waals surface area contributed by atoms with E-state index in [4.69, 9.17) is 0 Å². The van der Waals surface area contributed by atoms with Gasteiger partial charge in [0.2, 0.25) is 0 Å². The van der Waals surface area contributed by atoms with Gasteiger partial charge in [-0.1, -0.05) is 27.7 Å². The molecule has 0 fully saturated rings. The maximum Gasteiger partial charge on any atom is 0.161 e. The van der Waals surface area contributed by atoms with Gasteiger partial charge in [0.25, 0.3) is 0 Å². The Balaban J connectivity index is 1.95. The highest BCUT2D eigenvalue weighted by Gasteiger charge is 2.40. The molecule has 2 aliphatic carbocycles. The van der Waals surface area contributed by atoms with Crippen LogP contribution in [0.4, 0.5) is 0 Å². The fourth-order valence-electron chi connectivity index (χ4n) is 3.72. The van der Waals surface area contributed by atoms with Crippen LogP contribution in [0.3, 0.4) is 0 Å². The number of ketones is 2. The summed E-state index contributed by atoms with van der Waals surface area (Å²) in [6, 6.07) is 0. The van der Waals surface area contributed by atoms with Gasteiger partial charge in [0, 0.05) is 41.8 Å². The van der Waals surface area contributed by atoms with Crippen molar-refractivity contribution >= 4 is 11.6 Å². The number of Topliss-reactive ketones (excluding diaryl/α,β-unsaturated/α-hetero) is 2. The first-order valence-electron chi connectivity index (χ1n) is 7.44. The molecular weight excluding hydrogens is 250 g/mol. The highest BCUT2D eigenvalue weighted by molar-refractivity contribution is 6.04. The van der Waals surface area contributed by atoms with Crippen LogP contribution in [0.2, 0.25) is 0 Å². The minimum Gasteiger partial charge on any atom is -0.362 e. The van der Waals surface area contributed by atoms with Crippen molar-refractivity contribution < 1.29 is 9.59 Å². The third-order valence-corrected chi connectivity index (χ3v) is 4.65. The normalized spacial score (nSPS) is 28.0. The van der Waals surface area contributed by atoms with Gasteiger partial charge in [0.15, 0.2) is 11.6 Å². The lowest BCUT2D eigenvalue weighted by atomic mass is 9.69. The average Bonchev–Trinajstić information content (AvgIpc) is 2.23. The minimum atomic E-state index is 0.0230. The highest BCUT2D eigenvalue weighted by Crippen LogP contribution is 2.45. The van der Waals surface area contributed by atoms with Crippen LogP contribution < -0.4 is 5.32 Å². The SMILES string of the molecule is CC1(C)CC(=O)C2=C(C1)NC1=C(C2)C(=O)CC(C)(C)C1. The summed E-state index contributed by atoms with van der Waals surface area (Å²) in [6.07, 6.45) is 3.55. The van der Waals surface area contributed by atoms with Crippen LogP contribution in [0, 0.1) is 10.8 Å². The summed E-state index contributed by atoms with van der Waals surface area (Å²) >= 11 is 0. The van der Waals surface area contributed by atoms with Gasteiger partial charge in [-0.25, -0.2) is 0 Å². The highest BCUT2D eigenvalue weighted by atomic mass is 16.1. The van der Waals surface area contributed by atoms with Crippen LogP contribution in [0.15, 0.2) is 22.5 Å². The first-order chi connectivity index (χ1) is 9.17. The number of dihydropyridines is 1. The molecule has 20 heavy (non-hydrogen) atoms. The van der Waals surface area contributed by atoms with E-state index >= 15 is 0 Å². The second-order valence-corrected chi connectivity index (χ2v) is 8.10. The molecule has 0 atom stereocenters.